The second-order valence-corrected chi connectivity index (χ2v) is 9.66. The van der Waals surface area contributed by atoms with Crippen molar-refractivity contribution in [3.8, 4) is 0 Å². The van der Waals surface area contributed by atoms with Gasteiger partial charge in [-0.15, -0.1) is 0 Å². The number of aromatic amines is 1. The number of rotatable bonds is 7. The van der Waals surface area contributed by atoms with Gasteiger partial charge in [-0.05, 0) is 48.6 Å². The van der Waals surface area contributed by atoms with Crippen LogP contribution in [-0.2, 0) is 23.0 Å². The molecule has 0 amide bonds. The highest BCUT2D eigenvalue weighted by Crippen LogP contribution is 2.21. The zero-order valence-electron chi connectivity index (χ0n) is 17.8. The molecule has 31 heavy (non-hydrogen) atoms. The Morgan fingerprint density at radius 2 is 1.81 bits per heavy atom. The Morgan fingerprint density at radius 3 is 2.55 bits per heavy atom. The molecule has 0 spiro atoms. The monoisotopic (exact) mass is 439 g/mol. The van der Waals surface area contributed by atoms with Crippen molar-refractivity contribution in [1.29, 1.82) is 0 Å². The normalized spacial score (nSPS) is 15.5. The van der Waals surface area contributed by atoms with Crippen molar-refractivity contribution in [3.05, 3.63) is 65.9 Å². The Kier molecular flexibility index (Phi) is 6.58. The third kappa shape index (κ3) is 4.91. The van der Waals surface area contributed by atoms with Crippen LogP contribution < -0.4 is 10.6 Å². The van der Waals surface area contributed by atoms with E-state index in [-0.39, 0.29) is 0 Å². The highest BCUT2D eigenvalue weighted by atomic mass is 32.2. The number of aromatic nitrogens is 1. The van der Waals surface area contributed by atoms with Gasteiger partial charge in [0.2, 0.25) is 10.0 Å². The summed E-state index contributed by atoms with van der Waals surface area (Å²) >= 11 is 0. The van der Waals surface area contributed by atoms with Gasteiger partial charge in [-0.2, -0.15) is 4.31 Å². The van der Waals surface area contributed by atoms with E-state index >= 15 is 0 Å². The van der Waals surface area contributed by atoms with E-state index in [0.29, 0.717) is 30.5 Å². The third-order valence-corrected chi connectivity index (χ3v) is 7.58. The number of hydrogen-bond donors (Lipinski definition) is 3. The number of para-hydroxylation sites is 1. The molecule has 0 radical (unpaired) electrons. The maximum absolute atomic E-state index is 12.6. The summed E-state index contributed by atoms with van der Waals surface area (Å²) in [4.78, 5) is 7.94. The second-order valence-electron chi connectivity index (χ2n) is 7.72. The van der Waals surface area contributed by atoms with Crippen LogP contribution in [0.5, 0.6) is 0 Å². The van der Waals surface area contributed by atoms with Crippen LogP contribution >= 0.6 is 0 Å². The summed E-state index contributed by atoms with van der Waals surface area (Å²) in [6.07, 6.45) is 4.81. The predicted octanol–water partition coefficient (Wildman–Crippen LogP) is 2.86. The molecule has 3 aromatic rings. The smallest absolute Gasteiger partial charge is 0.243 e. The van der Waals surface area contributed by atoms with E-state index in [1.807, 2.05) is 18.2 Å². The number of guanidine groups is 1. The molecule has 4 rings (SSSR count). The first-order chi connectivity index (χ1) is 15.1. The van der Waals surface area contributed by atoms with Crippen LogP contribution in [0, 0.1) is 0 Å². The SMILES string of the molecule is CN=C(NCCc1c[nH]c2ccccc12)NCc1ccc(S(=O)(=O)N2CCCC2)cc1. The predicted molar refractivity (Wildman–Crippen MR) is 125 cm³/mol. The first-order valence-corrected chi connectivity index (χ1v) is 12.1. The van der Waals surface area contributed by atoms with E-state index < -0.39 is 10.0 Å². The fourth-order valence-corrected chi connectivity index (χ4v) is 5.43. The molecule has 1 aromatic heterocycles. The molecule has 164 valence electrons. The van der Waals surface area contributed by atoms with E-state index in [9.17, 15) is 8.42 Å². The summed E-state index contributed by atoms with van der Waals surface area (Å²) in [5.74, 6) is 0.716. The minimum absolute atomic E-state index is 0.361. The highest BCUT2D eigenvalue weighted by molar-refractivity contribution is 7.89. The largest absolute Gasteiger partial charge is 0.361 e. The zero-order chi connectivity index (χ0) is 21.7. The Labute approximate surface area is 183 Å². The molecule has 2 aromatic carbocycles. The molecule has 1 fully saturated rings. The van der Waals surface area contributed by atoms with E-state index in [0.717, 1.165) is 36.9 Å². The minimum atomic E-state index is -3.37. The van der Waals surface area contributed by atoms with Gasteiger partial charge in [0.05, 0.1) is 4.90 Å². The summed E-state index contributed by atoms with van der Waals surface area (Å²) in [5.41, 5.74) is 3.42. The van der Waals surface area contributed by atoms with Crippen LogP contribution in [-0.4, -0.2) is 50.3 Å². The van der Waals surface area contributed by atoms with Crippen LogP contribution in [0.3, 0.4) is 0 Å². The lowest BCUT2D eigenvalue weighted by atomic mass is 10.1. The van der Waals surface area contributed by atoms with E-state index in [1.54, 1.807) is 23.5 Å². The van der Waals surface area contributed by atoms with Crippen molar-refractivity contribution in [2.75, 3.05) is 26.7 Å². The lowest BCUT2D eigenvalue weighted by Gasteiger charge is -2.16. The van der Waals surface area contributed by atoms with Gasteiger partial charge >= 0.3 is 0 Å². The Hall–Kier alpha value is -2.84. The molecule has 0 aliphatic carbocycles. The topological polar surface area (TPSA) is 89.6 Å². The van der Waals surface area contributed by atoms with Crippen LogP contribution in [0.2, 0.25) is 0 Å². The summed E-state index contributed by atoms with van der Waals surface area (Å²) in [6, 6.07) is 15.4. The fraction of sp³-hybridized carbons (Fsp3) is 0.348. The molecule has 1 aliphatic rings. The Balaban J connectivity index is 1.28. The second kappa shape index (κ2) is 9.53. The first-order valence-electron chi connectivity index (χ1n) is 10.7. The number of hydrogen-bond acceptors (Lipinski definition) is 3. The highest BCUT2D eigenvalue weighted by Gasteiger charge is 2.26. The fourth-order valence-electron chi connectivity index (χ4n) is 3.92. The van der Waals surface area contributed by atoms with Crippen molar-refractivity contribution in [1.82, 2.24) is 19.9 Å². The first kappa shape index (κ1) is 21.4. The van der Waals surface area contributed by atoms with E-state index in [1.165, 1.54) is 10.9 Å². The van der Waals surface area contributed by atoms with Crippen LogP contribution in [0.4, 0.5) is 0 Å². The maximum atomic E-state index is 12.6. The summed E-state index contributed by atoms with van der Waals surface area (Å²) in [6.45, 7) is 2.56. The summed E-state index contributed by atoms with van der Waals surface area (Å²) in [5, 5.41) is 7.87. The molecule has 0 saturated carbocycles. The molecule has 7 nitrogen and oxygen atoms in total. The Bertz CT molecular complexity index is 1150. The van der Waals surface area contributed by atoms with Crippen molar-refractivity contribution in [2.24, 2.45) is 4.99 Å². The Morgan fingerprint density at radius 1 is 1.06 bits per heavy atom. The summed E-state index contributed by atoms with van der Waals surface area (Å²) < 4.78 is 26.8. The minimum Gasteiger partial charge on any atom is -0.361 e. The zero-order valence-corrected chi connectivity index (χ0v) is 18.6. The van der Waals surface area contributed by atoms with E-state index in [4.69, 9.17) is 0 Å². The number of aliphatic imine (C=N–C) groups is 1. The number of nitrogens with one attached hydrogen (secondary N) is 3. The van der Waals surface area contributed by atoms with Crippen molar-refractivity contribution in [3.63, 3.8) is 0 Å². The molecule has 1 saturated heterocycles. The van der Waals surface area contributed by atoms with Gasteiger partial charge in [-0.25, -0.2) is 8.42 Å². The number of benzene rings is 2. The van der Waals surface area contributed by atoms with Gasteiger partial charge in [0.15, 0.2) is 5.96 Å². The van der Waals surface area contributed by atoms with Gasteiger partial charge in [0.25, 0.3) is 0 Å². The van der Waals surface area contributed by atoms with Crippen molar-refractivity contribution >= 4 is 26.9 Å². The molecule has 0 bridgehead atoms. The van der Waals surface area contributed by atoms with Gasteiger partial charge in [-0.3, -0.25) is 4.99 Å². The molecule has 2 heterocycles. The van der Waals surface area contributed by atoms with Crippen LogP contribution in [0.1, 0.15) is 24.0 Å². The lowest BCUT2D eigenvalue weighted by molar-refractivity contribution is 0.477. The standard InChI is InChI=1S/C23H29N5O2S/c1-24-23(25-13-12-19-17-26-22-7-3-2-6-21(19)22)27-16-18-8-10-20(11-9-18)31(29,30)28-14-4-5-15-28/h2-3,6-11,17,26H,4-5,12-16H2,1H3,(H2,24,25,27). The van der Waals surface area contributed by atoms with Crippen molar-refractivity contribution < 1.29 is 8.42 Å². The molecule has 1 aliphatic heterocycles. The average molecular weight is 440 g/mol. The molecular formula is C23H29N5O2S. The van der Waals surface area contributed by atoms with Gasteiger partial charge in [0.1, 0.15) is 0 Å². The molecular weight excluding hydrogens is 410 g/mol. The third-order valence-electron chi connectivity index (χ3n) is 5.67. The molecule has 0 atom stereocenters. The number of nitrogens with zero attached hydrogens (tertiary/aromatic N) is 2. The van der Waals surface area contributed by atoms with Gasteiger partial charge in [0, 0.05) is 50.3 Å². The summed E-state index contributed by atoms with van der Waals surface area (Å²) in [7, 11) is -1.62. The lowest BCUT2D eigenvalue weighted by Crippen LogP contribution is -2.37. The number of fused-ring (bicyclic) bond motifs is 1. The average Bonchev–Trinajstić information content (AvgIpc) is 3.47. The van der Waals surface area contributed by atoms with Crippen molar-refractivity contribution in [2.45, 2.75) is 30.7 Å². The number of H-pyrrole nitrogens is 1. The number of sulfonamides is 1. The van der Waals surface area contributed by atoms with Gasteiger partial charge in [-0.1, -0.05) is 30.3 Å². The van der Waals surface area contributed by atoms with E-state index in [2.05, 4.69) is 45.0 Å². The van der Waals surface area contributed by atoms with Gasteiger partial charge < -0.3 is 15.6 Å². The van der Waals surface area contributed by atoms with Crippen LogP contribution in [0.15, 0.2) is 64.6 Å². The molecule has 8 heteroatoms. The van der Waals surface area contributed by atoms with Crippen LogP contribution in [0.25, 0.3) is 10.9 Å². The maximum Gasteiger partial charge on any atom is 0.243 e. The molecule has 0 unspecified atom stereocenters. The quantitative estimate of drug-likeness (QED) is 0.390. The molecule has 3 N–H and O–H groups in total.